The van der Waals surface area contributed by atoms with Crippen molar-refractivity contribution in [2.24, 2.45) is 0 Å². The van der Waals surface area contributed by atoms with Gasteiger partial charge in [0, 0.05) is 0 Å². The summed E-state index contributed by atoms with van der Waals surface area (Å²) < 4.78 is 10.6. The fourth-order valence-corrected chi connectivity index (χ4v) is 2.39. The van der Waals surface area contributed by atoms with Gasteiger partial charge in [-0.3, -0.25) is 15.1 Å². The lowest BCUT2D eigenvalue weighted by molar-refractivity contribution is 0.102. The number of aryl methyl sites for hydroxylation is 1. The molecule has 0 unspecified atom stereocenters. The maximum atomic E-state index is 12.3. The van der Waals surface area contributed by atoms with E-state index in [1.807, 2.05) is 13.0 Å². The molecule has 0 atom stereocenters. The summed E-state index contributed by atoms with van der Waals surface area (Å²) in [7, 11) is 1.51. The number of carbonyl (C=O) groups excluding carboxylic acids is 1. The van der Waals surface area contributed by atoms with Crippen molar-refractivity contribution in [1.29, 1.82) is 0 Å². The van der Waals surface area contributed by atoms with Crippen LogP contribution in [-0.2, 0) is 0 Å². The largest absolute Gasteiger partial charge is 0.496 e. The zero-order valence-corrected chi connectivity index (χ0v) is 12.7. The second kappa shape index (κ2) is 5.94. The van der Waals surface area contributed by atoms with Gasteiger partial charge in [-0.05, 0) is 24.6 Å². The summed E-state index contributed by atoms with van der Waals surface area (Å²) in [4.78, 5) is 16.9. The lowest BCUT2D eigenvalue weighted by Crippen LogP contribution is -2.13. The highest BCUT2D eigenvalue weighted by atomic mass is 32.1. The number of hydrogen-bond donors (Lipinski definition) is 1. The third kappa shape index (κ3) is 2.82. The molecule has 0 bridgehead atoms. The van der Waals surface area contributed by atoms with Gasteiger partial charge >= 0.3 is 6.01 Å². The number of amides is 1. The third-order valence-corrected chi connectivity index (χ3v) is 3.65. The van der Waals surface area contributed by atoms with Gasteiger partial charge in [-0.2, -0.15) is 0 Å². The second-order valence-electron chi connectivity index (χ2n) is 4.44. The molecule has 22 heavy (non-hydrogen) atoms. The summed E-state index contributed by atoms with van der Waals surface area (Å²) in [6.45, 7) is 1.92. The van der Waals surface area contributed by atoms with E-state index in [1.54, 1.807) is 23.8 Å². The van der Waals surface area contributed by atoms with Crippen LogP contribution >= 0.6 is 11.3 Å². The van der Waals surface area contributed by atoms with Crippen LogP contribution in [-0.4, -0.2) is 28.2 Å². The van der Waals surface area contributed by atoms with Gasteiger partial charge in [-0.1, -0.05) is 11.2 Å². The number of rotatable bonds is 4. The maximum absolute atomic E-state index is 12.3. The van der Waals surface area contributed by atoms with Gasteiger partial charge in [0.2, 0.25) is 0 Å². The van der Waals surface area contributed by atoms with Crippen LogP contribution in [0.15, 0.2) is 34.3 Å². The molecule has 112 valence electrons. The molecule has 2 aromatic heterocycles. The molecule has 1 aromatic carbocycles. The number of methoxy groups -OCH3 is 1. The Morgan fingerprint density at radius 3 is 2.95 bits per heavy atom. The van der Waals surface area contributed by atoms with E-state index in [1.165, 1.54) is 18.4 Å². The van der Waals surface area contributed by atoms with Crippen molar-refractivity contribution in [3.05, 3.63) is 41.0 Å². The van der Waals surface area contributed by atoms with Crippen molar-refractivity contribution in [2.75, 3.05) is 12.4 Å². The highest BCUT2D eigenvalue weighted by molar-refractivity contribution is 7.13. The Morgan fingerprint density at radius 1 is 1.36 bits per heavy atom. The molecule has 1 N–H and O–H groups in total. The lowest BCUT2D eigenvalue weighted by Gasteiger charge is -2.08. The topological polar surface area (TPSA) is 90.1 Å². The van der Waals surface area contributed by atoms with Crippen LogP contribution in [0.5, 0.6) is 5.75 Å². The van der Waals surface area contributed by atoms with Crippen LogP contribution < -0.4 is 10.1 Å². The predicted octanol–water partition coefficient (Wildman–Crippen LogP) is 2.76. The summed E-state index contributed by atoms with van der Waals surface area (Å²) in [5, 5.41) is 10.2. The monoisotopic (exact) mass is 316 g/mol. The predicted molar refractivity (Wildman–Crippen MR) is 81.1 cm³/mol. The molecule has 7 nitrogen and oxygen atoms in total. The average Bonchev–Trinajstić information content (AvgIpc) is 3.17. The number of ether oxygens (including phenoxy) is 1. The normalized spacial score (nSPS) is 10.5. The molecule has 3 rings (SSSR count). The molecule has 0 fully saturated rings. The van der Waals surface area contributed by atoms with Gasteiger partial charge in [0.05, 0.1) is 24.4 Å². The molecule has 0 saturated carbocycles. The molecule has 0 aliphatic carbocycles. The average molecular weight is 316 g/mol. The van der Waals surface area contributed by atoms with Gasteiger partial charge in [0.25, 0.3) is 11.8 Å². The molecule has 0 saturated heterocycles. The Kier molecular flexibility index (Phi) is 3.84. The summed E-state index contributed by atoms with van der Waals surface area (Å²) >= 11 is 1.37. The number of carbonyl (C=O) groups is 1. The molecule has 0 radical (unpaired) electrons. The van der Waals surface area contributed by atoms with E-state index in [0.29, 0.717) is 17.2 Å². The Morgan fingerprint density at radius 2 is 2.23 bits per heavy atom. The van der Waals surface area contributed by atoms with Crippen molar-refractivity contribution < 1.29 is 13.9 Å². The first-order valence-electron chi connectivity index (χ1n) is 6.35. The van der Waals surface area contributed by atoms with Crippen molar-refractivity contribution in [2.45, 2.75) is 6.92 Å². The molecular formula is C14H12N4O3S. The third-order valence-electron chi connectivity index (χ3n) is 2.89. The van der Waals surface area contributed by atoms with E-state index in [4.69, 9.17) is 9.15 Å². The van der Waals surface area contributed by atoms with Crippen molar-refractivity contribution in [1.82, 2.24) is 15.2 Å². The lowest BCUT2D eigenvalue weighted by atomic mass is 10.1. The molecule has 0 spiro atoms. The van der Waals surface area contributed by atoms with Crippen LogP contribution in [0.4, 0.5) is 6.01 Å². The van der Waals surface area contributed by atoms with Crippen LogP contribution in [0.3, 0.4) is 0 Å². The Hall–Kier alpha value is -2.74. The molecular weight excluding hydrogens is 304 g/mol. The number of nitrogens with one attached hydrogen (secondary N) is 1. The van der Waals surface area contributed by atoms with Gasteiger partial charge in [-0.25, -0.2) is 0 Å². The number of anilines is 1. The van der Waals surface area contributed by atoms with Gasteiger partial charge in [0.1, 0.15) is 10.6 Å². The fraction of sp³-hybridized carbons (Fsp3) is 0.143. The molecule has 1 amide bonds. The van der Waals surface area contributed by atoms with Crippen molar-refractivity contribution >= 4 is 23.3 Å². The summed E-state index contributed by atoms with van der Waals surface area (Å²) in [5.74, 6) is 0.421. The first-order chi connectivity index (χ1) is 10.7. The molecule has 0 aliphatic heterocycles. The number of hydrogen-bond acceptors (Lipinski definition) is 7. The first-order valence-corrected chi connectivity index (χ1v) is 7.23. The van der Waals surface area contributed by atoms with E-state index in [0.717, 1.165) is 10.4 Å². The van der Waals surface area contributed by atoms with E-state index in [2.05, 4.69) is 20.5 Å². The first kappa shape index (κ1) is 14.2. The smallest absolute Gasteiger partial charge is 0.322 e. The summed E-state index contributed by atoms with van der Waals surface area (Å²) in [5.41, 5.74) is 3.05. The Bertz CT molecular complexity index is 798. The van der Waals surface area contributed by atoms with Crippen LogP contribution in [0.25, 0.3) is 10.8 Å². The number of benzene rings is 1. The van der Waals surface area contributed by atoms with Crippen LogP contribution in [0.1, 0.15) is 15.9 Å². The SMILES string of the molecule is COc1cc(C)ccc1C(=O)Nc1nnc(-c2cncs2)o1. The minimum atomic E-state index is -0.378. The molecule has 0 aliphatic rings. The zero-order valence-electron chi connectivity index (χ0n) is 11.9. The van der Waals surface area contributed by atoms with E-state index in [9.17, 15) is 4.79 Å². The summed E-state index contributed by atoms with van der Waals surface area (Å²) in [6, 6.07) is 5.32. The molecule has 8 heteroatoms. The minimum Gasteiger partial charge on any atom is -0.496 e. The van der Waals surface area contributed by atoms with E-state index >= 15 is 0 Å². The van der Waals surface area contributed by atoms with E-state index < -0.39 is 0 Å². The quantitative estimate of drug-likeness (QED) is 0.796. The van der Waals surface area contributed by atoms with E-state index in [-0.39, 0.29) is 11.9 Å². The highest BCUT2D eigenvalue weighted by Crippen LogP contribution is 2.24. The minimum absolute atomic E-state index is 0.0241. The summed E-state index contributed by atoms with van der Waals surface area (Å²) in [6.07, 6.45) is 1.62. The second-order valence-corrected chi connectivity index (χ2v) is 5.32. The number of nitrogens with zero attached hydrogens (tertiary/aromatic N) is 3. The van der Waals surface area contributed by atoms with Crippen LogP contribution in [0, 0.1) is 6.92 Å². The van der Waals surface area contributed by atoms with Gasteiger partial charge in [0.15, 0.2) is 0 Å². The van der Waals surface area contributed by atoms with Crippen molar-refractivity contribution in [3.8, 4) is 16.5 Å². The Balaban J connectivity index is 1.80. The highest BCUT2D eigenvalue weighted by Gasteiger charge is 2.16. The Labute approximate surface area is 130 Å². The maximum Gasteiger partial charge on any atom is 0.322 e. The fourth-order valence-electron chi connectivity index (χ4n) is 1.85. The van der Waals surface area contributed by atoms with Crippen LogP contribution in [0.2, 0.25) is 0 Å². The van der Waals surface area contributed by atoms with Crippen molar-refractivity contribution in [3.63, 3.8) is 0 Å². The number of aromatic nitrogens is 3. The molecule has 2 heterocycles. The molecule has 3 aromatic rings. The number of thiazole rings is 1. The standard InChI is InChI=1S/C14H12N4O3S/c1-8-3-4-9(10(5-8)20-2)12(19)16-14-18-17-13(21-14)11-6-15-7-22-11/h3-7H,1-2H3,(H,16,18,19). The van der Waals surface area contributed by atoms with Gasteiger partial charge < -0.3 is 9.15 Å². The van der Waals surface area contributed by atoms with Gasteiger partial charge in [-0.15, -0.1) is 16.4 Å². The zero-order chi connectivity index (χ0) is 15.5.